The number of anilines is 1. The van der Waals surface area contributed by atoms with E-state index in [1.807, 2.05) is 41.9 Å². The quantitative estimate of drug-likeness (QED) is 0.145. The molecule has 0 saturated carbocycles. The summed E-state index contributed by atoms with van der Waals surface area (Å²) < 4.78 is 36.7. The summed E-state index contributed by atoms with van der Waals surface area (Å²) in [6.45, 7) is 0. The summed E-state index contributed by atoms with van der Waals surface area (Å²) in [5.74, 6) is -1.32. The molecular formula is C34H30F2N4O4S. The van der Waals surface area contributed by atoms with Gasteiger partial charge in [0.15, 0.2) is 0 Å². The van der Waals surface area contributed by atoms with E-state index in [1.54, 1.807) is 30.4 Å². The minimum atomic E-state index is -1.09. The average Bonchev–Trinajstić information content (AvgIpc) is 3.65. The van der Waals surface area contributed by atoms with Gasteiger partial charge in [-0.25, -0.2) is 13.8 Å². The van der Waals surface area contributed by atoms with Gasteiger partial charge < -0.3 is 24.1 Å². The lowest BCUT2D eigenvalue weighted by atomic mass is 9.97. The first-order valence-electron chi connectivity index (χ1n) is 14.3. The van der Waals surface area contributed by atoms with Gasteiger partial charge in [-0.2, -0.15) is 0 Å². The number of H-pyrrole nitrogens is 1. The zero-order valence-electron chi connectivity index (χ0n) is 24.8. The summed E-state index contributed by atoms with van der Waals surface area (Å²) in [7, 11) is 3.44. The van der Waals surface area contributed by atoms with Crippen LogP contribution in [0.5, 0.6) is 0 Å². The van der Waals surface area contributed by atoms with Gasteiger partial charge >= 0.3 is 5.97 Å². The third-order valence-corrected chi connectivity index (χ3v) is 8.66. The minimum absolute atomic E-state index is 0.101. The second kappa shape index (κ2) is 12.2. The topological polar surface area (TPSA) is 111 Å². The normalized spacial score (nSPS) is 14.6. The van der Waals surface area contributed by atoms with Crippen molar-refractivity contribution < 1.29 is 27.9 Å². The molecule has 1 amide bonds. The summed E-state index contributed by atoms with van der Waals surface area (Å²) in [4.78, 5) is 33.0. The van der Waals surface area contributed by atoms with E-state index in [2.05, 4.69) is 10.3 Å². The molecule has 230 valence electrons. The number of carboxylic acid groups (broad SMARTS) is 1. The van der Waals surface area contributed by atoms with Crippen molar-refractivity contribution in [3.05, 3.63) is 89.5 Å². The van der Waals surface area contributed by atoms with Gasteiger partial charge in [0.2, 0.25) is 0 Å². The first kappa shape index (κ1) is 30.1. The maximum absolute atomic E-state index is 14.6. The number of pyridine rings is 1. The number of nitrogens with one attached hydrogen (secondary N) is 2. The number of aromatic nitrogens is 2. The second-order valence-electron chi connectivity index (χ2n) is 10.7. The smallest absolute Gasteiger partial charge is 0.303 e. The standard InChI is InChI=1S/C34H30F2N4O4S/c1-37-34(43)31-23-15-22(28(40(2)45-3)17-29(23)44-33(31)19-7-11-20(35)12-8-19)26-13-9-18(10-14-30(41)42)32(39-26)27-16-21-24(36)5-4-6-25(21)38-27/h4-9,11,13,15-17,20,38H,10,12,14H2,1-3H3,(H,37,43)(H,41,42). The number of aryl methyl sites for hydroxylation is 1. The van der Waals surface area contributed by atoms with Gasteiger partial charge in [-0.15, -0.1) is 0 Å². The van der Waals surface area contributed by atoms with Crippen LogP contribution >= 0.6 is 11.9 Å². The highest BCUT2D eigenvalue weighted by atomic mass is 32.2. The number of furan rings is 1. The Hall–Kier alpha value is -4.90. The molecule has 0 aliphatic heterocycles. The number of hydrogen-bond donors (Lipinski definition) is 3. The van der Waals surface area contributed by atoms with Crippen LogP contribution in [0.4, 0.5) is 14.5 Å². The number of halogens is 2. The van der Waals surface area contributed by atoms with Crippen LogP contribution in [0, 0.1) is 5.82 Å². The largest absolute Gasteiger partial charge is 0.481 e. The number of aromatic amines is 1. The van der Waals surface area contributed by atoms with Gasteiger partial charge in [-0.1, -0.05) is 36.2 Å². The predicted molar refractivity (Wildman–Crippen MR) is 175 cm³/mol. The van der Waals surface area contributed by atoms with Crippen molar-refractivity contribution in [2.24, 2.45) is 0 Å². The number of benzene rings is 2. The van der Waals surface area contributed by atoms with Crippen molar-refractivity contribution in [1.29, 1.82) is 0 Å². The molecule has 6 rings (SSSR count). The third kappa shape index (κ3) is 5.71. The Morgan fingerprint density at radius 2 is 2.02 bits per heavy atom. The van der Waals surface area contributed by atoms with Crippen LogP contribution in [0.1, 0.15) is 34.5 Å². The number of fused-ring (bicyclic) bond motifs is 2. The van der Waals surface area contributed by atoms with Crippen molar-refractivity contribution in [1.82, 2.24) is 15.3 Å². The number of allylic oxidation sites excluding steroid dienone is 4. The number of rotatable bonds is 9. The zero-order chi connectivity index (χ0) is 31.8. The first-order chi connectivity index (χ1) is 21.7. The molecule has 1 aliphatic rings. The van der Waals surface area contributed by atoms with E-state index >= 15 is 0 Å². The lowest BCUT2D eigenvalue weighted by Gasteiger charge is -2.20. The van der Waals surface area contributed by atoms with Crippen molar-refractivity contribution in [2.45, 2.75) is 25.4 Å². The van der Waals surface area contributed by atoms with Crippen LogP contribution in [-0.2, 0) is 11.2 Å². The Labute approximate surface area is 262 Å². The Balaban J connectivity index is 1.58. The number of alkyl halides is 1. The SMILES string of the molecule is CNC(=O)c1c(C2=CCC(F)C=C2)oc2cc(N(C)SC)c(-c3ccc(CCC(=O)O)c(-c4cc5c(F)cccc5[nH]4)n3)cc12. The van der Waals surface area contributed by atoms with Gasteiger partial charge in [0.25, 0.3) is 5.91 Å². The third-order valence-electron chi connectivity index (χ3n) is 7.91. The van der Waals surface area contributed by atoms with Crippen molar-refractivity contribution in [3.63, 3.8) is 0 Å². The minimum Gasteiger partial charge on any atom is -0.481 e. The maximum Gasteiger partial charge on any atom is 0.303 e. The number of carbonyl (C=O) groups is 2. The molecule has 45 heavy (non-hydrogen) atoms. The van der Waals surface area contributed by atoms with E-state index in [0.29, 0.717) is 67.0 Å². The number of carbonyl (C=O) groups excluding carboxylic acids is 1. The monoisotopic (exact) mass is 628 g/mol. The summed E-state index contributed by atoms with van der Waals surface area (Å²) in [6.07, 6.45) is 5.93. The molecule has 0 fully saturated rings. The van der Waals surface area contributed by atoms with Crippen LogP contribution in [-0.4, -0.2) is 53.5 Å². The number of carboxylic acids is 1. The molecule has 3 aromatic heterocycles. The van der Waals surface area contributed by atoms with Crippen molar-refractivity contribution >= 4 is 57.0 Å². The molecule has 11 heteroatoms. The van der Waals surface area contributed by atoms with E-state index < -0.39 is 12.1 Å². The molecule has 3 heterocycles. The van der Waals surface area contributed by atoms with Crippen LogP contribution in [0.25, 0.3) is 50.1 Å². The van der Waals surface area contributed by atoms with Crippen molar-refractivity contribution in [2.75, 3.05) is 24.7 Å². The lowest BCUT2D eigenvalue weighted by Crippen LogP contribution is -2.19. The zero-order valence-corrected chi connectivity index (χ0v) is 25.6. The van der Waals surface area contributed by atoms with E-state index in [0.717, 1.165) is 5.69 Å². The van der Waals surface area contributed by atoms with Crippen molar-refractivity contribution in [3.8, 4) is 22.6 Å². The fourth-order valence-electron chi connectivity index (χ4n) is 5.57. The van der Waals surface area contributed by atoms with E-state index in [9.17, 15) is 23.5 Å². The average molecular weight is 629 g/mol. The molecule has 0 saturated heterocycles. The molecule has 0 radical (unpaired) electrons. The van der Waals surface area contributed by atoms with Gasteiger partial charge in [-0.3, -0.25) is 9.59 Å². The lowest BCUT2D eigenvalue weighted by molar-refractivity contribution is -0.136. The van der Waals surface area contributed by atoms with E-state index in [4.69, 9.17) is 9.40 Å². The van der Waals surface area contributed by atoms with Crippen LogP contribution < -0.4 is 9.62 Å². The molecule has 1 unspecified atom stereocenters. The molecule has 8 nitrogen and oxygen atoms in total. The molecular weight excluding hydrogens is 598 g/mol. The molecule has 0 spiro atoms. The van der Waals surface area contributed by atoms with Crippen LogP contribution in [0.15, 0.2) is 71.2 Å². The fourth-order valence-corrected chi connectivity index (χ4v) is 5.92. The van der Waals surface area contributed by atoms with Gasteiger partial charge in [0, 0.05) is 66.7 Å². The second-order valence-corrected chi connectivity index (χ2v) is 11.6. The molecule has 0 bridgehead atoms. The van der Waals surface area contributed by atoms with Gasteiger partial charge in [0.05, 0.1) is 28.3 Å². The molecule has 1 aliphatic carbocycles. The molecule has 5 aromatic rings. The summed E-state index contributed by atoms with van der Waals surface area (Å²) in [6, 6.07) is 13.8. The van der Waals surface area contributed by atoms with E-state index in [-0.39, 0.29) is 31.0 Å². The number of amides is 1. The van der Waals surface area contributed by atoms with Crippen LogP contribution in [0.2, 0.25) is 0 Å². The Morgan fingerprint density at radius 3 is 2.71 bits per heavy atom. The molecule has 1 atom stereocenters. The number of hydrogen-bond acceptors (Lipinski definition) is 6. The van der Waals surface area contributed by atoms with Gasteiger partial charge in [0.1, 0.15) is 23.3 Å². The highest BCUT2D eigenvalue weighted by Gasteiger charge is 2.26. The Morgan fingerprint density at radius 1 is 1.20 bits per heavy atom. The Kier molecular flexibility index (Phi) is 8.20. The number of nitrogens with zero attached hydrogens (tertiary/aromatic N) is 2. The highest BCUT2D eigenvalue weighted by molar-refractivity contribution is 7.99. The molecule has 2 aromatic carbocycles. The summed E-state index contributed by atoms with van der Waals surface area (Å²) >= 11 is 1.47. The van der Waals surface area contributed by atoms with Gasteiger partial charge in [-0.05, 0) is 48.4 Å². The summed E-state index contributed by atoms with van der Waals surface area (Å²) in [5.41, 5.74) is 5.77. The predicted octanol–water partition coefficient (Wildman–Crippen LogP) is 7.55. The summed E-state index contributed by atoms with van der Waals surface area (Å²) in [5, 5.41) is 13.0. The molecule has 3 N–H and O–H groups in total. The maximum atomic E-state index is 14.6. The highest BCUT2D eigenvalue weighted by Crippen LogP contribution is 2.42. The first-order valence-corrected chi connectivity index (χ1v) is 15.5. The Bertz CT molecular complexity index is 2030. The fraction of sp³-hybridized carbons (Fsp3) is 0.206. The number of aliphatic carboxylic acids is 1. The van der Waals surface area contributed by atoms with Crippen LogP contribution in [0.3, 0.4) is 0 Å². The van der Waals surface area contributed by atoms with E-state index in [1.165, 1.54) is 31.1 Å².